The summed E-state index contributed by atoms with van der Waals surface area (Å²) in [6, 6.07) is 5.42. The standard InChI is InChI=1S/C22H24F3N5O6/c1-21(14-29-12-18(30(33)34)26-19(29)36-21)13-28-10-9-27(20(31)32)11-16(28)4-2-3-15-5-7-17(8-6-15)35-22(23,24)25/h2-3,5-8,12,16H,4,9-11,13-14H2,1H3,(H,31,32)/t16-,21-/m0/s1. The molecule has 2 aromatic rings. The molecule has 36 heavy (non-hydrogen) atoms. The van der Waals surface area contributed by atoms with E-state index in [0.717, 1.165) is 0 Å². The lowest BCUT2D eigenvalue weighted by molar-refractivity contribution is -0.389. The number of alkyl halides is 3. The molecule has 194 valence electrons. The highest BCUT2D eigenvalue weighted by atomic mass is 19.4. The van der Waals surface area contributed by atoms with E-state index < -0.39 is 23.0 Å². The van der Waals surface area contributed by atoms with Gasteiger partial charge in [0.25, 0.3) is 0 Å². The van der Waals surface area contributed by atoms with E-state index in [-0.39, 0.29) is 30.2 Å². The lowest BCUT2D eigenvalue weighted by atomic mass is 10.0. The maximum atomic E-state index is 12.3. The third kappa shape index (κ3) is 6.05. The zero-order valence-corrected chi connectivity index (χ0v) is 19.2. The Kier molecular flexibility index (Phi) is 6.80. The van der Waals surface area contributed by atoms with Crippen molar-refractivity contribution in [1.29, 1.82) is 0 Å². The maximum absolute atomic E-state index is 12.3. The van der Waals surface area contributed by atoms with E-state index in [1.165, 1.54) is 35.4 Å². The van der Waals surface area contributed by atoms with Gasteiger partial charge >= 0.3 is 24.3 Å². The van der Waals surface area contributed by atoms with Crippen molar-refractivity contribution in [3.63, 3.8) is 0 Å². The molecule has 4 rings (SSSR count). The number of piperazine rings is 1. The summed E-state index contributed by atoms with van der Waals surface area (Å²) in [4.78, 5) is 29.3. The Balaban J connectivity index is 1.41. The molecule has 0 saturated carbocycles. The predicted octanol–water partition coefficient (Wildman–Crippen LogP) is 3.61. The average Bonchev–Trinajstić information content (AvgIpc) is 3.30. The average molecular weight is 511 g/mol. The fourth-order valence-corrected chi connectivity index (χ4v) is 4.43. The van der Waals surface area contributed by atoms with Crippen LogP contribution in [0.5, 0.6) is 11.8 Å². The van der Waals surface area contributed by atoms with Crippen molar-refractivity contribution in [2.75, 3.05) is 26.2 Å². The molecule has 0 spiro atoms. The minimum atomic E-state index is -4.76. The number of hydrogen-bond donors (Lipinski definition) is 1. The van der Waals surface area contributed by atoms with Crippen LogP contribution in [0.15, 0.2) is 36.5 Å². The number of fused-ring (bicyclic) bond motifs is 1. The van der Waals surface area contributed by atoms with Gasteiger partial charge in [0.05, 0.1) is 6.54 Å². The Morgan fingerprint density at radius 3 is 2.69 bits per heavy atom. The zero-order valence-electron chi connectivity index (χ0n) is 19.2. The summed E-state index contributed by atoms with van der Waals surface area (Å²) in [6.07, 6.45) is -0.373. The summed E-state index contributed by atoms with van der Waals surface area (Å²) in [5.41, 5.74) is -0.0425. The molecule has 1 aromatic carbocycles. The van der Waals surface area contributed by atoms with Crippen LogP contribution in [0.2, 0.25) is 0 Å². The van der Waals surface area contributed by atoms with Gasteiger partial charge in [0, 0.05) is 37.2 Å². The number of ether oxygens (including phenoxy) is 2. The van der Waals surface area contributed by atoms with Gasteiger partial charge in [-0.2, -0.15) is 0 Å². The van der Waals surface area contributed by atoms with Crippen LogP contribution >= 0.6 is 0 Å². The third-order valence-electron chi connectivity index (χ3n) is 6.00. The van der Waals surface area contributed by atoms with Gasteiger partial charge < -0.3 is 29.6 Å². The molecule has 1 saturated heterocycles. The van der Waals surface area contributed by atoms with Crippen molar-refractivity contribution in [2.24, 2.45) is 0 Å². The maximum Gasteiger partial charge on any atom is 0.573 e. The van der Waals surface area contributed by atoms with Crippen LogP contribution in [0, 0.1) is 10.1 Å². The van der Waals surface area contributed by atoms with E-state index in [4.69, 9.17) is 4.74 Å². The molecule has 1 N–H and O–H groups in total. The molecular weight excluding hydrogens is 487 g/mol. The first-order valence-corrected chi connectivity index (χ1v) is 11.1. The summed E-state index contributed by atoms with van der Waals surface area (Å²) >= 11 is 0. The third-order valence-corrected chi connectivity index (χ3v) is 6.00. The van der Waals surface area contributed by atoms with E-state index in [0.29, 0.717) is 38.2 Å². The van der Waals surface area contributed by atoms with E-state index >= 15 is 0 Å². The molecule has 0 unspecified atom stereocenters. The number of nitro groups is 1. The topological polar surface area (TPSA) is 123 Å². The molecule has 3 heterocycles. The molecule has 0 bridgehead atoms. The molecule has 2 atom stereocenters. The van der Waals surface area contributed by atoms with E-state index in [9.17, 15) is 33.2 Å². The predicted molar refractivity (Wildman–Crippen MR) is 120 cm³/mol. The Morgan fingerprint density at radius 1 is 1.36 bits per heavy atom. The molecule has 1 amide bonds. The number of aromatic nitrogens is 2. The summed E-state index contributed by atoms with van der Waals surface area (Å²) in [5.74, 6) is -0.603. The Bertz CT molecular complexity index is 1130. The Hall–Kier alpha value is -3.81. The summed E-state index contributed by atoms with van der Waals surface area (Å²) < 4.78 is 48.4. The molecule has 1 fully saturated rings. The number of nitrogens with zero attached hydrogens (tertiary/aromatic N) is 5. The highest BCUT2D eigenvalue weighted by Crippen LogP contribution is 2.32. The Morgan fingerprint density at radius 2 is 2.08 bits per heavy atom. The van der Waals surface area contributed by atoms with Gasteiger partial charge in [-0.05, 0) is 36.0 Å². The number of benzene rings is 1. The van der Waals surface area contributed by atoms with Crippen LogP contribution in [0.3, 0.4) is 0 Å². The summed E-state index contributed by atoms with van der Waals surface area (Å²) in [7, 11) is 0. The van der Waals surface area contributed by atoms with Gasteiger partial charge in [0.15, 0.2) is 0 Å². The zero-order chi connectivity index (χ0) is 26.1. The SMILES string of the molecule is C[C@]1(CN2CCN(C(=O)O)C[C@@H]2CC=Cc2ccc(OC(F)(F)F)cc2)Cn2cc([N+](=O)[O-])nc2O1. The lowest BCUT2D eigenvalue weighted by Gasteiger charge is -2.42. The smallest absolute Gasteiger partial charge is 0.465 e. The molecule has 2 aliphatic heterocycles. The second kappa shape index (κ2) is 9.68. The summed E-state index contributed by atoms with van der Waals surface area (Å²) in [6.45, 7) is 3.73. The second-order valence-electron chi connectivity index (χ2n) is 8.93. The van der Waals surface area contributed by atoms with Crippen molar-refractivity contribution in [1.82, 2.24) is 19.4 Å². The van der Waals surface area contributed by atoms with Crippen LogP contribution in [-0.2, 0) is 6.54 Å². The number of carbonyl (C=O) groups is 1. The fourth-order valence-electron chi connectivity index (χ4n) is 4.43. The number of hydrogen-bond acceptors (Lipinski definition) is 7. The van der Waals surface area contributed by atoms with Gasteiger partial charge in [0.1, 0.15) is 17.5 Å². The number of carboxylic acid groups (broad SMARTS) is 1. The highest BCUT2D eigenvalue weighted by molar-refractivity contribution is 5.65. The molecule has 0 radical (unpaired) electrons. The first kappa shape index (κ1) is 25.3. The first-order valence-electron chi connectivity index (χ1n) is 11.1. The monoisotopic (exact) mass is 511 g/mol. The summed E-state index contributed by atoms with van der Waals surface area (Å²) in [5, 5.41) is 20.4. The molecular formula is C22H24F3N5O6. The van der Waals surface area contributed by atoms with E-state index in [2.05, 4.69) is 14.6 Å². The van der Waals surface area contributed by atoms with Crippen molar-refractivity contribution >= 4 is 18.0 Å². The number of halogens is 3. The second-order valence-corrected chi connectivity index (χ2v) is 8.93. The van der Waals surface area contributed by atoms with Gasteiger partial charge in [0.2, 0.25) is 0 Å². The van der Waals surface area contributed by atoms with Crippen molar-refractivity contribution < 1.29 is 37.5 Å². The lowest BCUT2D eigenvalue weighted by Crippen LogP contribution is -2.58. The Labute approximate surface area is 203 Å². The molecule has 11 nitrogen and oxygen atoms in total. The van der Waals surface area contributed by atoms with E-state index in [1.54, 1.807) is 10.6 Å². The van der Waals surface area contributed by atoms with Gasteiger partial charge in [-0.25, -0.2) is 4.79 Å². The number of rotatable bonds is 7. The van der Waals surface area contributed by atoms with Crippen molar-refractivity contribution in [3.05, 3.63) is 52.2 Å². The van der Waals surface area contributed by atoms with Crippen molar-refractivity contribution in [3.8, 4) is 11.8 Å². The van der Waals surface area contributed by atoms with Crippen LogP contribution in [-0.4, -0.2) is 79.7 Å². The van der Waals surface area contributed by atoms with Crippen molar-refractivity contribution in [2.45, 2.75) is 37.9 Å². The number of amides is 1. The van der Waals surface area contributed by atoms with Gasteiger partial charge in [-0.3, -0.25) is 9.47 Å². The number of imidazole rings is 1. The van der Waals surface area contributed by atoms with E-state index in [1.807, 2.05) is 13.0 Å². The van der Waals surface area contributed by atoms with Gasteiger partial charge in [-0.1, -0.05) is 24.3 Å². The quantitative estimate of drug-likeness (QED) is 0.442. The van der Waals surface area contributed by atoms with Crippen LogP contribution in [0.25, 0.3) is 6.08 Å². The molecule has 1 aromatic heterocycles. The van der Waals surface area contributed by atoms with Crippen LogP contribution < -0.4 is 9.47 Å². The molecule has 14 heteroatoms. The van der Waals surface area contributed by atoms with Gasteiger partial charge in [-0.15, -0.1) is 13.2 Å². The largest absolute Gasteiger partial charge is 0.573 e. The van der Waals surface area contributed by atoms with Crippen LogP contribution in [0.1, 0.15) is 18.9 Å². The normalized spacial score (nSPS) is 22.4. The molecule has 2 aliphatic rings. The molecule has 0 aliphatic carbocycles. The van der Waals surface area contributed by atoms with Crippen LogP contribution in [0.4, 0.5) is 23.8 Å². The highest BCUT2D eigenvalue weighted by Gasteiger charge is 2.43. The minimum absolute atomic E-state index is 0.169. The first-order chi connectivity index (χ1) is 16.9. The fraction of sp³-hybridized carbons (Fsp3) is 0.455. The minimum Gasteiger partial charge on any atom is -0.465 e.